The van der Waals surface area contributed by atoms with Crippen LogP contribution < -0.4 is 0 Å². The van der Waals surface area contributed by atoms with Gasteiger partial charge in [0.1, 0.15) is 5.82 Å². The molecule has 1 heterocycles. The zero-order valence-electron chi connectivity index (χ0n) is 8.90. The van der Waals surface area contributed by atoms with Crippen molar-refractivity contribution in [2.75, 3.05) is 13.1 Å². The Balaban J connectivity index is 1.92. The maximum Gasteiger partial charge on any atom is 0.307 e. The van der Waals surface area contributed by atoms with Gasteiger partial charge in [0.15, 0.2) is 0 Å². The number of halogens is 1. The zero-order chi connectivity index (χ0) is 11.5. The SMILES string of the molecule is O=C(O)C1CCN(Cc2ccc(F)cc2)C1. The van der Waals surface area contributed by atoms with Gasteiger partial charge in [0.25, 0.3) is 0 Å². The van der Waals surface area contributed by atoms with Gasteiger partial charge in [0.2, 0.25) is 0 Å². The van der Waals surface area contributed by atoms with Gasteiger partial charge in [-0.25, -0.2) is 4.39 Å². The maximum absolute atomic E-state index is 12.7. The Hall–Kier alpha value is -1.42. The molecule has 0 aromatic heterocycles. The minimum atomic E-state index is -0.721. The standard InChI is InChI=1S/C12H14FNO2/c13-11-3-1-9(2-4-11)7-14-6-5-10(8-14)12(15)16/h1-4,10H,5-8H2,(H,15,16). The summed E-state index contributed by atoms with van der Waals surface area (Å²) >= 11 is 0. The lowest BCUT2D eigenvalue weighted by atomic mass is 10.1. The first-order chi connectivity index (χ1) is 7.65. The van der Waals surface area contributed by atoms with Crippen LogP contribution >= 0.6 is 0 Å². The lowest BCUT2D eigenvalue weighted by molar-refractivity contribution is -0.141. The Morgan fingerprint density at radius 2 is 2.12 bits per heavy atom. The van der Waals surface area contributed by atoms with Gasteiger partial charge in [-0.2, -0.15) is 0 Å². The van der Waals surface area contributed by atoms with Crippen molar-refractivity contribution in [2.24, 2.45) is 5.92 Å². The summed E-state index contributed by atoms with van der Waals surface area (Å²) in [6.07, 6.45) is 0.705. The first-order valence-electron chi connectivity index (χ1n) is 5.35. The van der Waals surface area contributed by atoms with Crippen molar-refractivity contribution < 1.29 is 14.3 Å². The fourth-order valence-electron chi connectivity index (χ4n) is 2.03. The molecule has 1 aliphatic rings. The number of carbonyl (C=O) groups is 1. The van der Waals surface area contributed by atoms with Crippen LogP contribution in [-0.4, -0.2) is 29.1 Å². The first kappa shape index (κ1) is 11.1. The lowest BCUT2D eigenvalue weighted by Gasteiger charge is -2.14. The molecule has 0 aliphatic carbocycles. The van der Waals surface area contributed by atoms with E-state index < -0.39 is 5.97 Å². The number of aliphatic carboxylic acids is 1. The lowest BCUT2D eigenvalue weighted by Crippen LogP contribution is -2.22. The van der Waals surface area contributed by atoms with E-state index in [0.717, 1.165) is 12.1 Å². The average Bonchev–Trinajstić information content (AvgIpc) is 2.70. The Labute approximate surface area is 93.5 Å². The summed E-state index contributed by atoms with van der Waals surface area (Å²) in [4.78, 5) is 12.9. The molecule has 1 unspecified atom stereocenters. The van der Waals surface area contributed by atoms with E-state index in [9.17, 15) is 9.18 Å². The second kappa shape index (κ2) is 4.61. The van der Waals surface area contributed by atoms with E-state index >= 15 is 0 Å². The molecule has 2 rings (SSSR count). The van der Waals surface area contributed by atoms with Crippen LogP contribution in [0.25, 0.3) is 0 Å². The van der Waals surface area contributed by atoms with Crippen LogP contribution in [0, 0.1) is 11.7 Å². The van der Waals surface area contributed by atoms with E-state index in [4.69, 9.17) is 5.11 Å². The topological polar surface area (TPSA) is 40.5 Å². The second-order valence-electron chi connectivity index (χ2n) is 4.19. The van der Waals surface area contributed by atoms with Crippen molar-refractivity contribution in [3.8, 4) is 0 Å². The van der Waals surface area contributed by atoms with Crippen LogP contribution in [0.15, 0.2) is 24.3 Å². The Morgan fingerprint density at radius 1 is 1.44 bits per heavy atom. The minimum Gasteiger partial charge on any atom is -0.481 e. The van der Waals surface area contributed by atoms with Gasteiger partial charge < -0.3 is 5.11 Å². The normalized spacial score (nSPS) is 21.2. The third kappa shape index (κ3) is 2.58. The molecule has 0 amide bonds. The van der Waals surface area contributed by atoms with Crippen LogP contribution in [0.4, 0.5) is 4.39 Å². The number of rotatable bonds is 3. The van der Waals surface area contributed by atoms with E-state index in [1.54, 1.807) is 12.1 Å². The van der Waals surface area contributed by atoms with Gasteiger partial charge >= 0.3 is 5.97 Å². The predicted octanol–water partition coefficient (Wildman–Crippen LogP) is 1.73. The molecule has 1 atom stereocenters. The van der Waals surface area contributed by atoms with Crippen LogP contribution in [0.3, 0.4) is 0 Å². The number of carboxylic acids is 1. The molecule has 0 saturated carbocycles. The largest absolute Gasteiger partial charge is 0.481 e. The fourth-order valence-corrected chi connectivity index (χ4v) is 2.03. The monoisotopic (exact) mass is 223 g/mol. The summed E-state index contributed by atoms with van der Waals surface area (Å²) in [6.45, 7) is 2.09. The van der Waals surface area contributed by atoms with Gasteiger partial charge in [-0.05, 0) is 30.7 Å². The molecule has 1 N–H and O–H groups in total. The van der Waals surface area contributed by atoms with E-state index in [0.29, 0.717) is 19.5 Å². The van der Waals surface area contributed by atoms with Crippen LogP contribution in [-0.2, 0) is 11.3 Å². The van der Waals surface area contributed by atoms with Crippen molar-refractivity contribution in [2.45, 2.75) is 13.0 Å². The minimum absolute atomic E-state index is 0.242. The van der Waals surface area contributed by atoms with Crippen molar-refractivity contribution >= 4 is 5.97 Å². The molecule has 3 nitrogen and oxygen atoms in total. The number of carboxylic acid groups (broad SMARTS) is 1. The van der Waals surface area contributed by atoms with Gasteiger partial charge in [-0.15, -0.1) is 0 Å². The summed E-state index contributed by atoms with van der Waals surface area (Å²) in [5.74, 6) is -1.21. The predicted molar refractivity (Wildman–Crippen MR) is 57.4 cm³/mol. The third-order valence-corrected chi connectivity index (χ3v) is 2.94. The van der Waals surface area contributed by atoms with E-state index in [2.05, 4.69) is 4.90 Å². The summed E-state index contributed by atoms with van der Waals surface area (Å²) in [5, 5.41) is 8.86. The molecule has 4 heteroatoms. The van der Waals surface area contributed by atoms with E-state index in [1.807, 2.05) is 0 Å². The first-order valence-corrected chi connectivity index (χ1v) is 5.35. The van der Waals surface area contributed by atoms with Crippen molar-refractivity contribution in [3.63, 3.8) is 0 Å². The van der Waals surface area contributed by atoms with Crippen molar-refractivity contribution in [3.05, 3.63) is 35.6 Å². The smallest absolute Gasteiger partial charge is 0.307 e. The highest BCUT2D eigenvalue weighted by molar-refractivity contribution is 5.70. The summed E-state index contributed by atoms with van der Waals surface area (Å²) in [6, 6.07) is 6.34. The Bertz CT molecular complexity index is 377. The van der Waals surface area contributed by atoms with Gasteiger partial charge in [-0.3, -0.25) is 9.69 Å². The molecule has 0 radical (unpaired) electrons. The highest BCUT2D eigenvalue weighted by Gasteiger charge is 2.27. The van der Waals surface area contributed by atoms with Crippen molar-refractivity contribution in [1.82, 2.24) is 4.90 Å². The maximum atomic E-state index is 12.7. The molecule has 0 spiro atoms. The highest BCUT2D eigenvalue weighted by Crippen LogP contribution is 2.18. The molecule has 1 aromatic carbocycles. The number of hydrogen-bond acceptors (Lipinski definition) is 2. The third-order valence-electron chi connectivity index (χ3n) is 2.94. The van der Waals surface area contributed by atoms with Gasteiger partial charge in [0.05, 0.1) is 5.92 Å². The number of likely N-dealkylation sites (tertiary alicyclic amines) is 1. The molecular formula is C12H14FNO2. The Kier molecular flexibility index (Phi) is 3.19. The molecule has 0 bridgehead atoms. The fraction of sp³-hybridized carbons (Fsp3) is 0.417. The van der Waals surface area contributed by atoms with Crippen LogP contribution in [0.5, 0.6) is 0 Å². The van der Waals surface area contributed by atoms with Crippen molar-refractivity contribution in [1.29, 1.82) is 0 Å². The average molecular weight is 223 g/mol. The summed E-state index contributed by atoms with van der Waals surface area (Å²) in [7, 11) is 0. The van der Waals surface area contributed by atoms with Gasteiger partial charge in [-0.1, -0.05) is 12.1 Å². The van der Waals surface area contributed by atoms with E-state index in [-0.39, 0.29) is 11.7 Å². The molecule has 1 aliphatic heterocycles. The van der Waals surface area contributed by atoms with Gasteiger partial charge in [0, 0.05) is 13.1 Å². The molecule has 1 saturated heterocycles. The van der Waals surface area contributed by atoms with Crippen LogP contribution in [0.1, 0.15) is 12.0 Å². The van der Waals surface area contributed by atoms with E-state index in [1.165, 1.54) is 12.1 Å². The Morgan fingerprint density at radius 3 is 2.69 bits per heavy atom. The zero-order valence-corrected chi connectivity index (χ0v) is 8.90. The highest BCUT2D eigenvalue weighted by atomic mass is 19.1. The molecule has 1 fully saturated rings. The number of benzene rings is 1. The molecular weight excluding hydrogens is 209 g/mol. The molecule has 86 valence electrons. The second-order valence-corrected chi connectivity index (χ2v) is 4.19. The number of hydrogen-bond donors (Lipinski definition) is 1. The quantitative estimate of drug-likeness (QED) is 0.848. The summed E-state index contributed by atoms with van der Waals surface area (Å²) < 4.78 is 12.7. The summed E-state index contributed by atoms with van der Waals surface area (Å²) in [5.41, 5.74) is 1.02. The molecule has 1 aromatic rings. The number of nitrogens with zero attached hydrogens (tertiary/aromatic N) is 1. The van der Waals surface area contributed by atoms with Crippen LogP contribution in [0.2, 0.25) is 0 Å². The molecule has 16 heavy (non-hydrogen) atoms.